The van der Waals surface area contributed by atoms with Crippen molar-refractivity contribution in [2.24, 2.45) is 0 Å². The quantitative estimate of drug-likeness (QED) is 0.472. The second-order valence-electron chi connectivity index (χ2n) is 8.73. The lowest BCUT2D eigenvalue weighted by atomic mass is 10.1. The standard InChI is InChI=1S/C25H26N4O3/c1-16-7-9-17(10-8-16)23(30)28-21-12-11-19-20(15-29(22(19)27-21)25(2,3)4)24(31)26-14-18-6-5-13-32-18/h5-13,15H,14H2,1-4H3,(H,26,31)(H,27,28,30). The summed E-state index contributed by atoms with van der Waals surface area (Å²) in [6.45, 7) is 8.38. The van der Waals surface area contributed by atoms with Gasteiger partial charge in [-0.15, -0.1) is 0 Å². The third kappa shape index (κ3) is 4.42. The fourth-order valence-electron chi connectivity index (χ4n) is 3.43. The smallest absolute Gasteiger partial charge is 0.256 e. The van der Waals surface area contributed by atoms with Gasteiger partial charge in [0.25, 0.3) is 11.8 Å². The van der Waals surface area contributed by atoms with Gasteiger partial charge >= 0.3 is 0 Å². The first-order valence-corrected chi connectivity index (χ1v) is 10.4. The Labute approximate surface area is 186 Å². The van der Waals surface area contributed by atoms with E-state index in [1.165, 1.54) is 0 Å². The molecular formula is C25H26N4O3. The molecule has 0 aliphatic carbocycles. The molecule has 0 aliphatic heterocycles. The zero-order valence-corrected chi connectivity index (χ0v) is 18.6. The Kier molecular flexibility index (Phi) is 5.57. The minimum absolute atomic E-state index is 0.215. The lowest BCUT2D eigenvalue weighted by Gasteiger charge is -2.22. The molecule has 2 amide bonds. The summed E-state index contributed by atoms with van der Waals surface area (Å²) in [6, 6.07) is 14.5. The molecule has 0 bridgehead atoms. The van der Waals surface area contributed by atoms with Gasteiger partial charge in [-0.05, 0) is 64.1 Å². The lowest BCUT2D eigenvalue weighted by Crippen LogP contribution is -2.23. The van der Waals surface area contributed by atoms with E-state index < -0.39 is 0 Å². The van der Waals surface area contributed by atoms with Crippen LogP contribution in [-0.2, 0) is 12.1 Å². The minimum atomic E-state index is -0.315. The summed E-state index contributed by atoms with van der Waals surface area (Å²) in [5.74, 6) is 0.654. The van der Waals surface area contributed by atoms with Crippen molar-refractivity contribution in [1.29, 1.82) is 0 Å². The molecule has 0 aliphatic rings. The molecule has 32 heavy (non-hydrogen) atoms. The number of nitrogens with zero attached hydrogens (tertiary/aromatic N) is 2. The maximum absolute atomic E-state index is 12.9. The van der Waals surface area contributed by atoms with Crippen LogP contribution in [0.15, 0.2) is 65.4 Å². The number of aryl methyl sites for hydroxylation is 1. The summed E-state index contributed by atoms with van der Waals surface area (Å²) in [5, 5.41) is 6.46. The van der Waals surface area contributed by atoms with E-state index in [0.717, 1.165) is 5.56 Å². The minimum Gasteiger partial charge on any atom is -0.467 e. The first-order valence-electron chi connectivity index (χ1n) is 10.4. The van der Waals surface area contributed by atoms with Crippen LogP contribution >= 0.6 is 0 Å². The molecule has 7 nitrogen and oxygen atoms in total. The number of benzene rings is 1. The molecule has 0 atom stereocenters. The largest absolute Gasteiger partial charge is 0.467 e. The number of hydrogen-bond acceptors (Lipinski definition) is 4. The summed E-state index contributed by atoms with van der Waals surface area (Å²) >= 11 is 0. The highest BCUT2D eigenvalue weighted by Crippen LogP contribution is 2.28. The van der Waals surface area contributed by atoms with Crippen LogP contribution in [0.5, 0.6) is 0 Å². The number of anilines is 1. The highest BCUT2D eigenvalue weighted by atomic mass is 16.3. The number of hydrogen-bond donors (Lipinski definition) is 2. The average molecular weight is 431 g/mol. The van der Waals surface area contributed by atoms with Crippen molar-refractivity contribution in [3.63, 3.8) is 0 Å². The third-order valence-corrected chi connectivity index (χ3v) is 5.18. The van der Waals surface area contributed by atoms with Crippen molar-refractivity contribution in [1.82, 2.24) is 14.9 Å². The second kappa shape index (κ2) is 8.34. The van der Waals surface area contributed by atoms with E-state index in [1.54, 1.807) is 36.7 Å². The zero-order chi connectivity index (χ0) is 22.9. The topological polar surface area (TPSA) is 89.2 Å². The number of fused-ring (bicyclic) bond motifs is 1. The Hall–Kier alpha value is -3.87. The fraction of sp³-hybridized carbons (Fsp3) is 0.240. The number of carbonyl (C=O) groups excluding carboxylic acids is 2. The SMILES string of the molecule is Cc1ccc(C(=O)Nc2ccc3c(C(=O)NCc4ccco4)cn(C(C)(C)C)c3n2)cc1. The van der Waals surface area contributed by atoms with Crippen LogP contribution in [0, 0.1) is 6.92 Å². The van der Waals surface area contributed by atoms with E-state index >= 15 is 0 Å². The first-order chi connectivity index (χ1) is 15.2. The number of carbonyl (C=O) groups is 2. The summed E-state index contributed by atoms with van der Waals surface area (Å²) in [7, 11) is 0. The van der Waals surface area contributed by atoms with Crippen LogP contribution in [-0.4, -0.2) is 21.4 Å². The maximum atomic E-state index is 12.9. The highest BCUT2D eigenvalue weighted by molar-refractivity contribution is 6.07. The van der Waals surface area contributed by atoms with Crippen LogP contribution in [0.4, 0.5) is 5.82 Å². The van der Waals surface area contributed by atoms with Crippen LogP contribution in [0.1, 0.15) is 52.8 Å². The Morgan fingerprint density at radius 1 is 1.03 bits per heavy atom. The van der Waals surface area contributed by atoms with Gasteiger partial charge in [0.2, 0.25) is 0 Å². The van der Waals surface area contributed by atoms with Crippen molar-refractivity contribution in [3.8, 4) is 0 Å². The summed E-state index contributed by atoms with van der Waals surface area (Å²) in [5.41, 5.74) is 2.47. The van der Waals surface area contributed by atoms with Gasteiger partial charge in [0, 0.05) is 22.7 Å². The molecule has 0 unspecified atom stereocenters. The molecular weight excluding hydrogens is 404 g/mol. The Morgan fingerprint density at radius 2 is 1.78 bits per heavy atom. The maximum Gasteiger partial charge on any atom is 0.256 e. The van der Waals surface area contributed by atoms with E-state index in [4.69, 9.17) is 4.42 Å². The van der Waals surface area contributed by atoms with Crippen LogP contribution in [0.3, 0.4) is 0 Å². The monoisotopic (exact) mass is 430 g/mol. The van der Waals surface area contributed by atoms with Crippen LogP contribution in [0.2, 0.25) is 0 Å². The Morgan fingerprint density at radius 3 is 2.44 bits per heavy atom. The van der Waals surface area contributed by atoms with Crippen molar-refractivity contribution < 1.29 is 14.0 Å². The molecule has 3 aromatic heterocycles. The van der Waals surface area contributed by atoms with Gasteiger partial charge in [-0.3, -0.25) is 9.59 Å². The molecule has 0 fully saturated rings. The molecule has 4 aromatic rings. The molecule has 3 heterocycles. The van der Waals surface area contributed by atoms with Gasteiger partial charge in [-0.1, -0.05) is 17.7 Å². The number of nitrogens with one attached hydrogen (secondary N) is 2. The van der Waals surface area contributed by atoms with Gasteiger partial charge in [-0.2, -0.15) is 0 Å². The normalized spacial score (nSPS) is 11.5. The molecule has 0 saturated carbocycles. The predicted octanol–water partition coefficient (Wildman–Crippen LogP) is 4.88. The number of rotatable bonds is 5. The van der Waals surface area contributed by atoms with Crippen molar-refractivity contribution in [2.45, 2.75) is 39.8 Å². The van der Waals surface area contributed by atoms with E-state index in [0.29, 0.717) is 40.3 Å². The zero-order valence-electron chi connectivity index (χ0n) is 18.6. The van der Waals surface area contributed by atoms with Crippen molar-refractivity contribution in [3.05, 3.63) is 83.4 Å². The van der Waals surface area contributed by atoms with Crippen LogP contribution in [0.25, 0.3) is 11.0 Å². The molecule has 7 heteroatoms. The van der Waals surface area contributed by atoms with E-state index in [-0.39, 0.29) is 17.4 Å². The number of furan rings is 1. The molecule has 0 saturated heterocycles. The van der Waals surface area contributed by atoms with Crippen molar-refractivity contribution >= 4 is 28.7 Å². The summed E-state index contributed by atoms with van der Waals surface area (Å²) in [4.78, 5) is 30.2. The molecule has 1 aromatic carbocycles. The van der Waals surface area contributed by atoms with Crippen LogP contribution < -0.4 is 10.6 Å². The molecule has 0 radical (unpaired) electrons. The number of amides is 2. The summed E-state index contributed by atoms with van der Waals surface area (Å²) in [6.07, 6.45) is 3.38. The molecule has 2 N–H and O–H groups in total. The van der Waals surface area contributed by atoms with Gasteiger partial charge in [0.1, 0.15) is 17.2 Å². The van der Waals surface area contributed by atoms with E-state index in [2.05, 4.69) is 15.6 Å². The van der Waals surface area contributed by atoms with E-state index in [1.807, 2.05) is 56.5 Å². The average Bonchev–Trinajstić information content (AvgIpc) is 3.40. The molecule has 0 spiro atoms. The van der Waals surface area contributed by atoms with E-state index in [9.17, 15) is 9.59 Å². The number of aromatic nitrogens is 2. The second-order valence-corrected chi connectivity index (χ2v) is 8.73. The lowest BCUT2D eigenvalue weighted by molar-refractivity contribution is 0.0948. The molecule has 164 valence electrons. The van der Waals surface area contributed by atoms with Gasteiger partial charge in [-0.25, -0.2) is 4.98 Å². The highest BCUT2D eigenvalue weighted by Gasteiger charge is 2.23. The Balaban J connectivity index is 1.64. The summed E-state index contributed by atoms with van der Waals surface area (Å²) < 4.78 is 7.24. The van der Waals surface area contributed by atoms with Gasteiger partial charge in [0.05, 0.1) is 18.4 Å². The first kappa shape index (κ1) is 21.4. The fourth-order valence-corrected chi connectivity index (χ4v) is 3.43. The van der Waals surface area contributed by atoms with Gasteiger partial charge < -0.3 is 19.6 Å². The number of pyridine rings is 1. The Bertz CT molecular complexity index is 1260. The predicted molar refractivity (Wildman–Crippen MR) is 124 cm³/mol. The van der Waals surface area contributed by atoms with Gasteiger partial charge in [0.15, 0.2) is 0 Å². The molecule has 4 rings (SSSR count). The van der Waals surface area contributed by atoms with Crippen molar-refractivity contribution in [2.75, 3.05) is 5.32 Å². The third-order valence-electron chi connectivity index (χ3n) is 5.18.